The fourth-order valence-electron chi connectivity index (χ4n) is 2.95. The highest BCUT2D eigenvalue weighted by Crippen LogP contribution is 2.24. The molecule has 1 aromatic carbocycles. The van der Waals surface area contributed by atoms with E-state index < -0.39 is 6.10 Å². The summed E-state index contributed by atoms with van der Waals surface area (Å²) >= 11 is 1.48. The molecule has 1 atom stereocenters. The molecule has 3 aromatic rings. The highest BCUT2D eigenvalue weighted by molar-refractivity contribution is 7.15. The van der Waals surface area contributed by atoms with Crippen LogP contribution in [-0.4, -0.2) is 44.5 Å². The van der Waals surface area contributed by atoms with Crippen molar-refractivity contribution in [2.24, 2.45) is 0 Å². The molecule has 3 heterocycles. The zero-order valence-corrected chi connectivity index (χ0v) is 13.7. The van der Waals surface area contributed by atoms with E-state index in [1.54, 1.807) is 17.0 Å². The van der Waals surface area contributed by atoms with Crippen LogP contribution in [0.2, 0.25) is 0 Å². The predicted molar refractivity (Wildman–Crippen MR) is 89.4 cm³/mol. The topological polar surface area (TPSA) is 57.8 Å². The molecule has 0 unspecified atom stereocenters. The fourth-order valence-corrected chi connectivity index (χ4v) is 3.82. The highest BCUT2D eigenvalue weighted by Gasteiger charge is 2.25. The number of halogens is 1. The first kappa shape index (κ1) is 15.3. The van der Waals surface area contributed by atoms with Gasteiger partial charge in [-0.15, -0.1) is 11.3 Å². The van der Waals surface area contributed by atoms with E-state index in [-0.39, 0.29) is 18.1 Å². The molecule has 24 heavy (non-hydrogen) atoms. The van der Waals surface area contributed by atoms with Crippen LogP contribution in [0.3, 0.4) is 0 Å². The number of rotatable bonds is 3. The molecule has 1 aliphatic rings. The lowest BCUT2D eigenvalue weighted by atomic mass is 10.2. The van der Waals surface area contributed by atoms with Gasteiger partial charge in [0.15, 0.2) is 4.96 Å². The molecule has 5 nitrogen and oxygen atoms in total. The Morgan fingerprint density at radius 2 is 2.17 bits per heavy atom. The van der Waals surface area contributed by atoms with E-state index in [0.29, 0.717) is 19.5 Å². The highest BCUT2D eigenvalue weighted by atomic mass is 32.1. The fraction of sp³-hybridized carbons (Fsp3) is 0.294. The minimum Gasteiger partial charge on any atom is -0.391 e. The van der Waals surface area contributed by atoms with Crippen LogP contribution in [0.4, 0.5) is 4.39 Å². The van der Waals surface area contributed by atoms with Crippen molar-refractivity contribution in [1.82, 2.24) is 14.3 Å². The van der Waals surface area contributed by atoms with Gasteiger partial charge < -0.3 is 10.0 Å². The van der Waals surface area contributed by atoms with Gasteiger partial charge in [0, 0.05) is 35.9 Å². The van der Waals surface area contributed by atoms with Gasteiger partial charge in [-0.25, -0.2) is 9.37 Å². The van der Waals surface area contributed by atoms with E-state index in [1.807, 2.05) is 16.0 Å². The van der Waals surface area contributed by atoms with E-state index >= 15 is 0 Å². The summed E-state index contributed by atoms with van der Waals surface area (Å²) in [6.07, 6.45) is 2.39. The number of benzene rings is 1. The molecule has 0 spiro atoms. The minimum absolute atomic E-state index is 0.0169. The van der Waals surface area contributed by atoms with Crippen LogP contribution in [0.25, 0.3) is 16.2 Å². The van der Waals surface area contributed by atoms with Gasteiger partial charge >= 0.3 is 0 Å². The molecule has 0 bridgehead atoms. The number of aliphatic hydroxyl groups excluding tert-OH is 1. The summed E-state index contributed by atoms with van der Waals surface area (Å²) in [5.74, 6) is -0.262. The van der Waals surface area contributed by atoms with E-state index in [1.165, 1.54) is 23.5 Å². The lowest BCUT2D eigenvalue weighted by Crippen LogP contribution is -2.31. The van der Waals surface area contributed by atoms with Crippen LogP contribution in [0.15, 0.2) is 35.8 Å². The molecule has 1 saturated heterocycles. The molecule has 124 valence electrons. The quantitative estimate of drug-likeness (QED) is 0.793. The van der Waals surface area contributed by atoms with E-state index in [9.17, 15) is 14.3 Å². The average Bonchev–Trinajstić information content (AvgIpc) is 3.25. The molecule has 7 heteroatoms. The van der Waals surface area contributed by atoms with Crippen LogP contribution >= 0.6 is 11.3 Å². The first-order valence-electron chi connectivity index (χ1n) is 7.77. The van der Waals surface area contributed by atoms with Gasteiger partial charge in [0.1, 0.15) is 5.82 Å². The van der Waals surface area contributed by atoms with Crippen molar-refractivity contribution in [3.05, 3.63) is 47.4 Å². The number of hydrogen-bond acceptors (Lipinski definition) is 4. The normalized spacial score (nSPS) is 17.8. The third-order valence-corrected chi connectivity index (χ3v) is 5.16. The number of imidazole rings is 1. The number of likely N-dealkylation sites (tertiary alicyclic amines) is 1. The van der Waals surface area contributed by atoms with Gasteiger partial charge in [-0.3, -0.25) is 9.20 Å². The lowest BCUT2D eigenvalue weighted by Gasteiger charge is -2.14. The Hall–Kier alpha value is -2.25. The van der Waals surface area contributed by atoms with Crippen LogP contribution in [0, 0.1) is 5.82 Å². The van der Waals surface area contributed by atoms with Crippen LogP contribution < -0.4 is 0 Å². The Morgan fingerprint density at radius 1 is 1.38 bits per heavy atom. The number of aromatic nitrogens is 2. The Labute approximate surface area is 142 Å². The smallest absolute Gasteiger partial charge is 0.228 e. The molecule has 0 aliphatic carbocycles. The number of carbonyl (C=O) groups excluding carboxylic acids is 1. The van der Waals surface area contributed by atoms with E-state index in [4.69, 9.17) is 0 Å². The Bertz CT molecular complexity index is 887. The van der Waals surface area contributed by atoms with E-state index in [2.05, 4.69) is 4.98 Å². The average molecular weight is 345 g/mol. The number of nitrogens with zero attached hydrogens (tertiary/aromatic N) is 3. The zero-order chi connectivity index (χ0) is 16.7. The van der Waals surface area contributed by atoms with Crippen molar-refractivity contribution >= 4 is 22.2 Å². The first-order valence-corrected chi connectivity index (χ1v) is 8.65. The van der Waals surface area contributed by atoms with Gasteiger partial charge in [0.25, 0.3) is 0 Å². The second-order valence-electron chi connectivity index (χ2n) is 5.97. The Kier molecular flexibility index (Phi) is 3.82. The van der Waals surface area contributed by atoms with E-state index in [0.717, 1.165) is 21.9 Å². The molecule has 1 amide bonds. The van der Waals surface area contributed by atoms with Gasteiger partial charge in [-0.2, -0.15) is 0 Å². The van der Waals surface area contributed by atoms with Crippen molar-refractivity contribution < 1.29 is 14.3 Å². The van der Waals surface area contributed by atoms with Gasteiger partial charge in [-0.05, 0) is 30.7 Å². The Balaban J connectivity index is 1.58. The molecular weight excluding hydrogens is 329 g/mol. The van der Waals surface area contributed by atoms with Crippen LogP contribution in [0.5, 0.6) is 0 Å². The second-order valence-corrected chi connectivity index (χ2v) is 6.81. The third kappa shape index (κ3) is 2.81. The number of amides is 1. The number of aliphatic hydroxyl groups is 1. The van der Waals surface area contributed by atoms with Gasteiger partial charge in [0.05, 0.1) is 18.2 Å². The molecule has 1 N–H and O–H groups in total. The third-order valence-electron chi connectivity index (χ3n) is 4.27. The standard InChI is InChI=1S/C17H16FN3O2S/c18-12-3-1-11(2-4-12)15-9-21-13(10-24-17(21)19-15)7-16(23)20-6-5-14(22)8-20/h1-4,9-10,14,22H,5-8H2/t14-/m0/s1. The minimum atomic E-state index is -0.408. The van der Waals surface area contributed by atoms with Crippen LogP contribution in [0.1, 0.15) is 12.1 Å². The maximum Gasteiger partial charge on any atom is 0.228 e. The molecule has 0 saturated carbocycles. The largest absolute Gasteiger partial charge is 0.391 e. The summed E-state index contributed by atoms with van der Waals surface area (Å²) < 4.78 is 15.0. The molecule has 2 aromatic heterocycles. The first-order chi connectivity index (χ1) is 11.6. The maximum absolute atomic E-state index is 13.0. The van der Waals surface area contributed by atoms with Gasteiger partial charge in [0.2, 0.25) is 5.91 Å². The van der Waals surface area contributed by atoms with Crippen molar-refractivity contribution in [1.29, 1.82) is 0 Å². The zero-order valence-electron chi connectivity index (χ0n) is 12.9. The van der Waals surface area contributed by atoms with Crippen LogP contribution in [-0.2, 0) is 11.2 Å². The second kappa shape index (κ2) is 5.99. The van der Waals surface area contributed by atoms with Crippen molar-refractivity contribution in [3.63, 3.8) is 0 Å². The molecule has 1 fully saturated rings. The maximum atomic E-state index is 13.0. The predicted octanol–water partition coefficient (Wildman–Crippen LogP) is 2.34. The summed E-state index contributed by atoms with van der Waals surface area (Å²) in [4.78, 5) is 19.4. The lowest BCUT2D eigenvalue weighted by molar-refractivity contribution is -0.129. The van der Waals surface area contributed by atoms with Crippen molar-refractivity contribution in [2.75, 3.05) is 13.1 Å². The van der Waals surface area contributed by atoms with Gasteiger partial charge in [-0.1, -0.05) is 0 Å². The molecule has 0 radical (unpaired) electrons. The summed E-state index contributed by atoms with van der Waals surface area (Å²) in [6.45, 7) is 1.02. The number of hydrogen-bond donors (Lipinski definition) is 1. The van der Waals surface area contributed by atoms with Crippen molar-refractivity contribution in [3.8, 4) is 11.3 Å². The number of fused-ring (bicyclic) bond motifs is 1. The summed E-state index contributed by atoms with van der Waals surface area (Å²) in [6, 6.07) is 6.20. The number of thiazole rings is 1. The molecule has 1 aliphatic heterocycles. The molecular formula is C17H16FN3O2S. The number of β-amino-alcohol motifs (C(OH)–C–C–N with tert-alkyl or cyclic N) is 1. The SMILES string of the molecule is O=C(Cc1csc2nc(-c3ccc(F)cc3)cn12)N1CC[C@H](O)C1. The van der Waals surface area contributed by atoms with Crippen molar-refractivity contribution in [2.45, 2.75) is 18.9 Å². The number of carbonyl (C=O) groups is 1. The summed E-state index contributed by atoms with van der Waals surface area (Å²) in [5.41, 5.74) is 2.47. The summed E-state index contributed by atoms with van der Waals surface area (Å²) in [7, 11) is 0. The Morgan fingerprint density at radius 3 is 2.88 bits per heavy atom. The summed E-state index contributed by atoms with van der Waals surface area (Å²) in [5, 5.41) is 11.5. The monoisotopic (exact) mass is 345 g/mol. The molecule has 4 rings (SSSR count).